The lowest BCUT2D eigenvalue weighted by Crippen LogP contribution is -1.97. The first-order valence-corrected chi connectivity index (χ1v) is 5.33. The highest BCUT2D eigenvalue weighted by molar-refractivity contribution is 9.10. The van der Waals surface area contributed by atoms with Crippen molar-refractivity contribution in [3.05, 3.63) is 34.5 Å². The molecule has 1 N–H and O–H groups in total. The number of hydrogen-bond acceptors (Lipinski definition) is 2. The molecule has 0 saturated carbocycles. The highest BCUT2D eigenvalue weighted by Gasteiger charge is 2.05. The van der Waals surface area contributed by atoms with Gasteiger partial charge in [0.15, 0.2) is 0 Å². The summed E-state index contributed by atoms with van der Waals surface area (Å²) < 4.78 is 6.16. The highest BCUT2D eigenvalue weighted by Crippen LogP contribution is 2.27. The van der Waals surface area contributed by atoms with Crippen LogP contribution in [0.1, 0.15) is 12.0 Å². The molecular weight excluding hydrogens is 260 g/mol. The maximum Gasteiger partial charge on any atom is 0.303 e. The van der Waals surface area contributed by atoms with E-state index in [0.717, 1.165) is 21.0 Å². The number of furan rings is 1. The van der Waals surface area contributed by atoms with Crippen molar-refractivity contribution in [1.82, 2.24) is 0 Å². The molecule has 4 heteroatoms. The monoisotopic (exact) mass is 268 g/mol. The van der Waals surface area contributed by atoms with Crippen molar-refractivity contribution in [2.45, 2.75) is 12.8 Å². The van der Waals surface area contributed by atoms with Crippen molar-refractivity contribution in [2.24, 2.45) is 0 Å². The Morgan fingerprint density at radius 1 is 1.47 bits per heavy atom. The van der Waals surface area contributed by atoms with E-state index in [1.807, 2.05) is 18.2 Å². The fraction of sp³-hybridized carbons (Fsp3) is 0.182. The van der Waals surface area contributed by atoms with Crippen LogP contribution < -0.4 is 0 Å². The molecule has 0 radical (unpaired) electrons. The van der Waals surface area contributed by atoms with E-state index in [-0.39, 0.29) is 6.42 Å². The van der Waals surface area contributed by atoms with Gasteiger partial charge in [0.2, 0.25) is 0 Å². The number of rotatable bonds is 3. The van der Waals surface area contributed by atoms with Crippen molar-refractivity contribution < 1.29 is 14.3 Å². The third-order valence-electron chi connectivity index (χ3n) is 2.22. The standard InChI is InChI=1S/C11H9BrO3/c12-9-6-15-10-3-1-7(5-8(9)10)2-4-11(13)14/h1,3,5-6H,2,4H2,(H,13,14). The van der Waals surface area contributed by atoms with Gasteiger partial charge < -0.3 is 9.52 Å². The number of carboxylic acid groups (broad SMARTS) is 1. The Hall–Kier alpha value is -1.29. The molecule has 0 unspecified atom stereocenters. The third-order valence-corrected chi connectivity index (χ3v) is 2.83. The van der Waals surface area contributed by atoms with Gasteiger partial charge in [-0.2, -0.15) is 0 Å². The van der Waals surface area contributed by atoms with Gasteiger partial charge in [-0.15, -0.1) is 0 Å². The molecule has 0 amide bonds. The van der Waals surface area contributed by atoms with Gasteiger partial charge in [0.05, 0.1) is 4.47 Å². The van der Waals surface area contributed by atoms with Crippen molar-refractivity contribution in [2.75, 3.05) is 0 Å². The molecule has 0 fully saturated rings. The largest absolute Gasteiger partial charge is 0.481 e. The number of benzene rings is 1. The second-order valence-electron chi connectivity index (χ2n) is 3.31. The zero-order chi connectivity index (χ0) is 10.8. The van der Waals surface area contributed by atoms with E-state index in [1.54, 1.807) is 6.26 Å². The fourth-order valence-electron chi connectivity index (χ4n) is 1.45. The molecule has 15 heavy (non-hydrogen) atoms. The van der Waals surface area contributed by atoms with E-state index in [4.69, 9.17) is 9.52 Å². The summed E-state index contributed by atoms with van der Waals surface area (Å²) in [6.45, 7) is 0. The zero-order valence-corrected chi connectivity index (χ0v) is 9.45. The van der Waals surface area contributed by atoms with E-state index < -0.39 is 5.97 Å². The van der Waals surface area contributed by atoms with Crippen LogP contribution in [0.5, 0.6) is 0 Å². The van der Waals surface area contributed by atoms with Gasteiger partial charge in [0.1, 0.15) is 11.8 Å². The van der Waals surface area contributed by atoms with E-state index in [1.165, 1.54) is 0 Å². The SMILES string of the molecule is O=C(O)CCc1ccc2occ(Br)c2c1. The molecule has 0 aliphatic carbocycles. The van der Waals surface area contributed by atoms with Crippen LogP contribution in [0.3, 0.4) is 0 Å². The van der Waals surface area contributed by atoms with Crippen molar-refractivity contribution in [3.8, 4) is 0 Å². The number of halogens is 1. The molecule has 3 nitrogen and oxygen atoms in total. The first kappa shape index (κ1) is 10.2. The minimum atomic E-state index is -0.777. The van der Waals surface area contributed by atoms with Crippen LogP contribution in [0, 0.1) is 0 Å². The van der Waals surface area contributed by atoms with Crippen LogP contribution in [0.25, 0.3) is 11.0 Å². The van der Waals surface area contributed by atoms with Gasteiger partial charge in [0, 0.05) is 11.8 Å². The summed E-state index contributed by atoms with van der Waals surface area (Å²) in [5.74, 6) is -0.777. The van der Waals surface area contributed by atoms with E-state index in [2.05, 4.69) is 15.9 Å². The maximum absolute atomic E-state index is 10.4. The Morgan fingerprint density at radius 2 is 2.27 bits per heavy atom. The Bertz CT molecular complexity index is 502. The molecule has 1 heterocycles. The zero-order valence-electron chi connectivity index (χ0n) is 7.87. The average molecular weight is 269 g/mol. The first-order chi connectivity index (χ1) is 7.16. The van der Waals surface area contributed by atoms with Gasteiger partial charge in [-0.1, -0.05) is 6.07 Å². The van der Waals surface area contributed by atoms with Crippen molar-refractivity contribution in [1.29, 1.82) is 0 Å². The summed E-state index contributed by atoms with van der Waals surface area (Å²) in [6, 6.07) is 5.70. The summed E-state index contributed by atoms with van der Waals surface area (Å²) in [6.07, 6.45) is 2.33. The van der Waals surface area contributed by atoms with Gasteiger partial charge in [-0.25, -0.2) is 0 Å². The Labute approximate surface area is 94.8 Å². The molecule has 2 rings (SSSR count). The number of aryl methyl sites for hydroxylation is 1. The Kier molecular flexibility index (Phi) is 2.77. The number of hydrogen-bond donors (Lipinski definition) is 1. The highest BCUT2D eigenvalue weighted by atomic mass is 79.9. The molecule has 0 aliphatic heterocycles. The second kappa shape index (κ2) is 4.06. The lowest BCUT2D eigenvalue weighted by Gasteiger charge is -1.98. The van der Waals surface area contributed by atoms with Crippen LogP contribution in [-0.2, 0) is 11.2 Å². The minimum absolute atomic E-state index is 0.154. The number of aliphatic carboxylic acids is 1. The molecule has 0 atom stereocenters. The summed E-state index contributed by atoms with van der Waals surface area (Å²) in [5, 5.41) is 9.56. The first-order valence-electron chi connectivity index (χ1n) is 4.54. The number of carbonyl (C=O) groups is 1. The number of fused-ring (bicyclic) bond motifs is 1. The van der Waals surface area contributed by atoms with Gasteiger partial charge in [-0.05, 0) is 40.0 Å². The summed E-state index contributed by atoms with van der Waals surface area (Å²) >= 11 is 3.37. The summed E-state index contributed by atoms with van der Waals surface area (Å²) in [7, 11) is 0. The van der Waals surface area contributed by atoms with E-state index in [9.17, 15) is 4.79 Å². The van der Waals surface area contributed by atoms with Crippen molar-refractivity contribution >= 4 is 32.9 Å². The van der Waals surface area contributed by atoms with Gasteiger partial charge >= 0.3 is 5.97 Å². The molecule has 1 aromatic heterocycles. The summed E-state index contributed by atoms with van der Waals surface area (Å²) in [4.78, 5) is 10.4. The predicted octanol–water partition coefficient (Wildman–Crippen LogP) is 3.21. The molecule has 0 bridgehead atoms. The maximum atomic E-state index is 10.4. The second-order valence-corrected chi connectivity index (χ2v) is 4.16. The average Bonchev–Trinajstić information content (AvgIpc) is 2.57. The van der Waals surface area contributed by atoms with Crippen LogP contribution in [0.15, 0.2) is 33.4 Å². The molecule has 0 saturated heterocycles. The summed E-state index contributed by atoms with van der Waals surface area (Å²) in [5.41, 5.74) is 1.81. The van der Waals surface area contributed by atoms with E-state index >= 15 is 0 Å². The Morgan fingerprint density at radius 3 is 3.00 bits per heavy atom. The molecule has 1 aromatic carbocycles. The van der Waals surface area contributed by atoms with Crippen LogP contribution in [-0.4, -0.2) is 11.1 Å². The molecule has 0 aliphatic rings. The lowest BCUT2D eigenvalue weighted by atomic mass is 10.1. The predicted molar refractivity (Wildman–Crippen MR) is 59.9 cm³/mol. The van der Waals surface area contributed by atoms with Crippen LogP contribution in [0.4, 0.5) is 0 Å². The van der Waals surface area contributed by atoms with Gasteiger partial charge in [0.25, 0.3) is 0 Å². The van der Waals surface area contributed by atoms with Crippen LogP contribution in [0.2, 0.25) is 0 Å². The fourth-order valence-corrected chi connectivity index (χ4v) is 1.86. The minimum Gasteiger partial charge on any atom is -0.481 e. The number of carboxylic acids is 1. The molecule has 0 spiro atoms. The lowest BCUT2D eigenvalue weighted by molar-refractivity contribution is -0.136. The molecule has 78 valence electrons. The van der Waals surface area contributed by atoms with E-state index in [0.29, 0.717) is 6.42 Å². The molecular formula is C11H9BrO3. The normalized spacial score (nSPS) is 10.7. The topological polar surface area (TPSA) is 50.4 Å². The Balaban J connectivity index is 2.29. The van der Waals surface area contributed by atoms with Gasteiger partial charge in [-0.3, -0.25) is 4.79 Å². The third kappa shape index (κ3) is 2.21. The quantitative estimate of drug-likeness (QED) is 0.930. The molecule has 2 aromatic rings. The smallest absolute Gasteiger partial charge is 0.303 e. The van der Waals surface area contributed by atoms with Crippen LogP contribution >= 0.6 is 15.9 Å². The van der Waals surface area contributed by atoms with Crippen molar-refractivity contribution in [3.63, 3.8) is 0 Å².